The summed E-state index contributed by atoms with van der Waals surface area (Å²) in [4.78, 5) is 4.33. The smallest absolute Gasteiger partial charge is 0.214 e. The van der Waals surface area contributed by atoms with Crippen molar-refractivity contribution in [1.82, 2.24) is 4.31 Å². The van der Waals surface area contributed by atoms with Gasteiger partial charge in [-0.3, -0.25) is 0 Å². The lowest BCUT2D eigenvalue weighted by Gasteiger charge is -2.35. The Kier molecular flexibility index (Phi) is 6.39. The highest BCUT2D eigenvalue weighted by molar-refractivity contribution is 7.89. The Bertz CT molecular complexity index is 812. The maximum Gasteiger partial charge on any atom is 0.214 e. The number of anilines is 2. The molecule has 0 aliphatic carbocycles. The van der Waals surface area contributed by atoms with Gasteiger partial charge in [-0.2, -0.15) is 4.31 Å². The number of rotatable bonds is 7. The van der Waals surface area contributed by atoms with Gasteiger partial charge >= 0.3 is 0 Å². The number of hydrogen-bond acceptors (Lipinski definition) is 4. The Balaban J connectivity index is 1.50. The third-order valence-corrected chi connectivity index (χ3v) is 7.03. The summed E-state index contributed by atoms with van der Waals surface area (Å²) in [5, 5.41) is 0. The Labute approximate surface area is 163 Å². The van der Waals surface area contributed by atoms with Gasteiger partial charge in [0, 0.05) is 51.6 Å². The van der Waals surface area contributed by atoms with Crippen molar-refractivity contribution in [1.29, 1.82) is 0 Å². The first-order valence-electron chi connectivity index (χ1n) is 9.50. The van der Waals surface area contributed by atoms with Crippen LogP contribution >= 0.6 is 0 Å². The summed E-state index contributed by atoms with van der Waals surface area (Å²) in [5.41, 5.74) is 3.51. The summed E-state index contributed by atoms with van der Waals surface area (Å²) < 4.78 is 26.9. The van der Waals surface area contributed by atoms with E-state index in [1.807, 2.05) is 44.4 Å². The summed E-state index contributed by atoms with van der Waals surface area (Å²) in [5.74, 6) is 0.222. The minimum absolute atomic E-state index is 0.222. The molecule has 0 bridgehead atoms. The van der Waals surface area contributed by atoms with E-state index < -0.39 is 10.0 Å². The van der Waals surface area contributed by atoms with Gasteiger partial charge in [-0.1, -0.05) is 30.3 Å². The van der Waals surface area contributed by atoms with Gasteiger partial charge in [0.25, 0.3) is 0 Å². The highest BCUT2D eigenvalue weighted by Gasteiger charge is 2.26. The summed E-state index contributed by atoms with van der Waals surface area (Å²) in [7, 11) is 0.871. The Morgan fingerprint density at radius 3 is 2.11 bits per heavy atom. The van der Waals surface area contributed by atoms with Crippen molar-refractivity contribution in [3.8, 4) is 0 Å². The molecule has 5 nitrogen and oxygen atoms in total. The Morgan fingerprint density at radius 2 is 1.52 bits per heavy atom. The average molecular weight is 388 g/mol. The highest BCUT2D eigenvalue weighted by atomic mass is 32.2. The monoisotopic (exact) mass is 387 g/mol. The SMILES string of the molecule is CN(C)c1ccc(N2CCN(S(=O)(=O)CCCc3ccccc3)CC2)cc1. The summed E-state index contributed by atoms with van der Waals surface area (Å²) in [6.07, 6.45) is 1.47. The van der Waals surface area contributed by atoms with E-state index in [9.17, 15) is 8.42 Å². The normalized spacial score (nSPS) is 15.7. The zero-order chi connectivity index (χ0) is 19.3. The molecule has 0 atom stereocenters. The molecule has 0 amide bonds. The number of piperazine rings is 1. The van der Waals surface area contributed by atoms with E-state index in [0.29, 0.717) is 19.5 Å². The van der Waals surface area contributed by atoms with Crippen LogP contribution in [-0.4, -0.2) is 58.8 Å². The highest BCUT2D eigenvalue weighted by Crippen LogP contribution is 2.21. The summed E-state index contributed by atoms with van der Waals surface area (Å²) in [6.45, 7) is 2.59. The van der Waals surface area contributed by atoms with Gasteiger partial charge in [0.2, 0.25) is 10.0 Å². The van der Waals surface area contributed by atoms with Crippen molar-refractivity contribution in [2.24, 2.45) is 0 Å². The molecule has 0 unspecified atom stereocenters. The second-order valence-electron chi connectivity index (χ2n) is 7.20. The predicted octanol–water partition coefficient (Wildman–Crippen LogP) is 2.84. The molecule has 1 heterocycles. The molecule has 27 heavy (non-hydrogen) atoms. The van der Waals surface area contributed by atoms with Crippen LogP contribution in [0.1, 0.15) is 12.0 Å². The average Bonchev–Trinajstić information content (AvgIpc) is 2.69. The summed E-state index contributed by atoms with van der Waals surface area (Å²) >= 11 is 0. The molecule has 1 aliphatic heterocycles. The van der Waals surface area contributed by atoms with Crippen molar-refractivity contribution in [3.63, 3.8) is 0 Å². The number of aryl methyl sites for hydroxylation is 1. The molecule has 0 saturated carbocycles. The van der Waals surface area contributed by atoms with Crippen molar-refractivity contribution < 1.29 is 8.42 Å². The fourth-order valence-electron chi connectivity index (χ4n) is 3.42. The molecule has 146 valence electrons. The van der Waals surface area contributed by atoms with E-state index >= 15 is 0 Å². The van der Waals surface area contributed by atoms with E-state index in [1.54, 1.807) is 4.31 Å². The molecule has 2 aromatic rings. The van der Waals surface area contributed by atoms with Crippen LogP contribution in [0.3, 0.4) is 0 Å². The van der Waals surface area contributed by atoms with Crippen LogP contribution in [0.2, 0.25) is 0 Å². The van der Waals surface area contributed by atoms with E-state index in [1.165, 1.54) is 11.3 Å². The zero-order valence-electron chi connectivity index (χ0n) is 16.2. The van der Waals surface area contributed by atoms with Crippen molar-refractivity contribution in [2.45, 2.75) is 12.8 Å². The first-order chi connectivity index (χ1) is 13.0. The molecule has 6 heteroatoms. The van der Waals surface area contributed by atoms with Crippen LogP contribution in [0, 0.1) is 0 Å². The fourth-order valence-corrected chi connectivity index (χ4v) is 4.91. The quantitative estimate of drug-likeness (QED) is 0.733. The van der Waals surface area contributed by atoms with Crippen LogP contribution in [0.5, 0.6) is 0 Å². The van der Waals surface area contributed by atoms with Crippen LogP contribution in [0.4, 0.5) is 11.4 Å². The minimum atomic E-state index is -3.18. The lowest BCUT2D eigenvalue weighted by molar-refractivity contribution is 0.384. The topological polar surface area (TPSA) is 43.9 Å². The van der Waals surface area contributed by atoms with E-state index in [4.69, 9.17) is 0 Å². The number of hydrogen-bond donors (Lipinski definition) is 0. The van der Waals surface area contributed by atoms with Crippen molar-refractivity contribution in [2.75, 3.05) is 55.8 Å². The number of nitrogens with zero attached hydrogens (tertiary/aromatic N) is 3. The Hall–Kier alpha value is -2.05. The zero-order valence-corrected chi connectivity index (χ0v) is 17.0. The Morgan fingerprint density at radius 1 is 0.889 bits per heavy atom. The van der Waals surface area contributed by atoms with Gasteiger partial charge in [0.15, 0.2) is 0 Å². The van der Waals surface area contributed by atoms with E-state index in [2.05, 4.69) is 34.1 Å². The first kappa shape index (κ1) is 19.7. The molecule has 0 radical (unpaired) electrons. The largest absolute Gasteiger partial charge is 0.378 e. The first-order valence-corrected chi connectivity index (χ1v) is 11.1. The van der Waals surface area contributed by atoms with Gasteiger partial charge in [0.05, 0.1) is 5.75 Å². The predicted molar refractivity (Wildman–Crippen MR) is 113 cm³/mol. The minimum Gasteiger partial charge on any atom is -0.378 e. The van der Waals surface area contributed by atoms with E-state index in [0.717, 1.165) is 25.2 Å². The molecule has 0 spiro atoms. The van der Waals surface area contributed by atoms with Gasteiger partial charge < -0.3 is 9.80 Å². The second kappa shape index (κ2) is 8.76. The molecule has 1 fully saturated rings. The van der Waals surface area contributed by atoms with Crippen LogP contribution < -0.4 is 9.80 Å². The number of sulfonamides is 1. The molecular formula is C21H29N3O2S. The van der Waals surface area contributed by atoms with Gasteiger partial charge in [0.1, 0.15) is 0 Å². The molecule has 0 N–H and O–H groups in total. The standard InChI is InChI=1S/C21H29N3O2S/c1-22(2)20-10-12-21(13-11-20)23-14-16-24(17-15-23)27(25,26)18-6-9-19-7-4-3-5-8-19/h3-5,7-8,10-13H,6,9,14-18H2,1-2H3. The van der Waals surface area contributed by atoms with Crippen LogP contribution in [0.25, 0.3) is 0 Å². The molecule has 0 aromatic heterocycles. The molecule has 3 rings (SSSR count). The molecule has 2 aromatic carbocycles. The van der Waals surface area contributed by atoms with E-state index in [-0.39, 0.29) is 5.75 Å². The van der Waals surface area contributed by atoms with Gasteiger partial charge in [-0.05, 0) is 42.7 Å². The lowest BCUT2D eigenvalue weighted by Crippen LogP contribution is -2.49. The fraction of sp³-hybridized carbons (Fsp3) is 0.429. The third kappa shape index (κ3) is 5.23. The molecule has 1 aliphatic rings. The molecular weight excluding hydrogens is 358 g/mol. The maximum atomic E-state index is 12.6. The van der Waals surface area contributed by atoms with Gasteiger partial charge in [-0.25, -0.2) is 8.42 Å². The second-order valence-corrected chi connectivity index (χ2v) is 9.29. The summed E-state index contributed by atoms with van der Waals surface area (Å²) in [6, 6.07) is 18.5. The molecule has 1 saturated heterocycles. The van der Waals surface area contributed by atoms with Crippen molar-refractivity contribution >= 4 is 21.4 Å². The number of benzene rings is 2. The third-order valence-electron chi connectivity index (χ3n) is 5.07. The maximum absolute atomic E-state index is 12.6. The van der Waals surface area contributed by atoms with Gasteiger partial charge in [-0.15, -0.1) is 0 Å². The van der Waals surface area contributed by atoms with Crippen LogP contribution in [-0.2, 0) is 16.4 Å². The van der Waals surface area contributed by atoms with Crippen LogP contribution in [0.15, 0.2) is 54.6 Å². The van der Waals surface area contributed by atoms with Crippen molar-refractivity contribution in [3.05, 3.63) is 60.2 Å². The lowest BCUT2D eigenvalue weighted by atomic mass is 10.1.